The average molecular weight is 559 g/mol. The van der Waals surface area contributed by atoms with Crippen LogP contribution >= 0.6 is 0 Å². The van der Waals surface area contributed by atoms with E-state index in [0.717, 1.165) is 51.4 Å². The maximum atomic E-state index is 14.5. The average Bonchev–Trinajstić information content (AvgIpc) is 3.22. The summed E-state index contributed by atoms with van der Waals surface area (Å²) >= 11 is 0. The highest BCUT2D eigenvalue weighted by molar-refractivity contribution is 5.69. The first-order valence-corrected chi connectivity index (χ1v) is 15.8. The lowest BCUT2D eigenvalue weighted by atomic mass is 9.43. The molecule has 0 spiro atoms. The summed E-state index contributed by atoms with van der Waals surface area (Å²) < 4.78 is 54.3. The minimum absolute atomic E-state index is 0.0338. The van der Waals surface area contributed by atoms with Gasteiger partial charge in [0.15, 0.2) is 12.4 Å². The molecule has 0 aromatic rings. The van der Waals surface area contributed by atoms with Gasteiger partial charge in [-0.05, 0) is 117 Å². The monoisotopic (exact) mass is 558 g/mol. The van der Waals surface area contributed by atoms with Crippen LogP contribution in [0.2, 0.25) is 0 Å². The van der Waals surface area contributed by atoms with E-state index in [4.69, 9.17) is 9.47 Å². The van der Waals surface area contributed by atoms with Crippen molar-refractivity contribution >= 4 is 5.97 Å². The van der Waals surface area contributed by atoms with Crippen molar-refractivity contribution in [3.63, 3.8) is 0 Å². The first kappa shape index (κ1) is 31.1. The molecular weight excluding hydrogens is 505 g/mol. The number of carbonyl (C=O) groups excluding carboxylic acids is 1. The minimum Gasteiger partial charge on any atom is -0.438 e. The molecule has 7 heteroatoms. The summed E-state index contributed by atoms with van der Waals surface area (Å²) in [5, 5.41) is 10.3. The van der Waals surface area contributed by atoms with Gasteiger partial charge in [0.2, 0.25) is 0 Å². The van der Waals surface area contributed by atoms with Crippen LogP contribution in [0, 0.1) is 46.3 Å². The molecule has 4 aliphatic carbocycles. The summed E-state index contributed by atoms with van der Waals surface area (Å²) in [6.07, 6.45) is 5.81. The standard InChI is InChI=1S/C32H53F3O4/c1-6-7-8-9-10-28(37)38-20-39-31(32(33,34)35)18-17-29(4)23(19-31)11-12-24-26-14-13-25(21(2)22(3)36)30(26,5)16-15-27(24)29/h21-27,36H,6-20H2,1-5H3/t21-,22-,23-,24+,25-,26+,27+,29+,30-,31-/m1/s1. The number of rotatable bonds is 10. The quantitative estimate of drug-likeness (QED) is 0.166. The number of esters is 1. The number of fused-ring (bicyclic) bond motifs is 5. The van der Waals surface area contributed by atoms with Gasteiger partial charge in [-0.2, -0.15) is 13.2 Å². The van der Waals surface area contributed by atoms with Crippen molar-refractivity contribution in [1.82, 2.24) is 0 Å². The molecule has 10 atom stereocenters. The number of unbranched alkanes of at least 4 members (excludes halogenated alkanes) is 3. The van der Waals surface area contributed by atoms with Crippen molar-refractivity contribution in [3.05, 3.63) is 0 Å². The van der Waals surface area contributed by atoms with E-state index in [1.807, 2.05) is 6.92 Å². The van der Waals surface area contributed by atoms with Gasteiger partial charge >= 0.3 is 12.1 Å². The molecule has 0 aliphatic heterocycles. The highest BCUT2D eigenvalue weighted by Crippen LogP contribution is 2.69. The second-order valence-corrected chi connectivity index (χ2v) is 14.3. The number of aliphatic hydroxyl groups is 1. The summed E-state index contributed by atoms with van der Waals surface area (Å²) in [5.74, 6) is 1.87. The van der Waals surface area contributed by atoms with Gasteiger partial charge in [-0.25, -0.2) is 0 Å². The van der Waals surface area contributed by atoms with E-state index in [1.165, 1.54) is 6.42 Å². The van der Waals surface area contributed by atoms with E-state index in [1.54, 1.807) is 0 Å². The summed E-state index contributed by atoms with van der Waals surface area (Å²) in [7, 11) is 0. The van der Waals surface area contributed by atoms with Gasteiger partial charge in [0, 0.05) is 6.42 Å². The first-order valence-electron chi connectivity index (χ1n) is 15.8. The minimum atomic E-state index is -4.50. The van der Waals surface area contributed by atoms with Gasteiger partial charge in [0.05, 0.1) is 6.10 Å². The van der Waals surface area contributed by atoms with E-state index < -0.39 is 24.5 Å². The van der Waals surface area contributed by atoms with E-state index in [9.17, 15) is 23.1 Å². The number of alkyl halides is 3. The summed E-state index contributed by atoms with van der Waals surface area (Å²) in [6, 6.07) is 0. The molecule has 0 saturated heterocycles. The van der Waals surface area contributed by atoms with Crippen molar-refractivity contribution in [2.24, 2.45) is 46.3 Å². The predicted octanol–water partition coefficient (Wildman–Crippen LogP) is 8.45. The molecule has 4 saturated carbocycles. The summed E-state index contributed by atoms with van der Waals surface area (Å²) in [4.78, 5) is 12.1. The number of ether oxygens (including phenoxy) is 2. The maximum Gasteiger partial charge on any atom is 0.417 e. The van der Waals surface area contributed by atoms with Gasteiger partial charge < -0.3 is 14.6 Å². The van der Waals surface area contributed by atoms with Gasteiger partial charge in [-0.15, -0.1) is 0 Å². The number of hydrogen-bond donors (Lipinski definition) is 1. The number of halogens is 3. The Kier molecular flexibility index (Phi) is 9.43. The second-order valence-electron chi connectivity index (χ2n) is 14.3. The Morgan fingerprint density at radius 1 is 0.949 bits per heavy atom. The molecule has 39 heavy (non-hydrogen) atoms. The Morgan fingerprint density at radius 2 is 1.67 bits per heavy atom. The van der Waals surface area contributed by atoms with Crippen molar-refractivity contribution in [1.29, 1.82) is 0 Å². The van der Waals surface area contributed by atoms with Crippen LogP contribution in [0.5, 0.6) is 0 Å². The number of hydrogen-bond acceptors (Lipinski definition) is 4. The molecule has 0 radical (unpaired) electrons. The van der Waals surface area contributed by atoms with Crippen molar-refractivity contribution in [2.45, 2.75) is 142 Å². The largest absolute Gasteiger partial charge is 0.438 e. The molecule has 0 heterocycles. The second kappa shape index (κ2) is 11.8. The molecule has 0 aromatic heterocycles. The van der Waals surface area contributed by atoms with Crippen molar-refractivity contribution in [3.8, 4) is 0 Å². The smallest absolute Gasteiger partial charge is 0.417 e. The van der Waals surface area contributed by atoms with Crippen molar-refractivity contribution < 1.29 is 32.5 Å². The highest BCUT2D eigenvalue weighted by atomic mass is 19.4. The van der Waals surface area contributed by atoms with Gasteiger partial charge in [-0.3, -0.25) is 4.79 Å². The Bertz CT molecular complexity index is 846. The number of aliphatic hydroxyl groups excluding tert-OH is 1. The summed E-state index contributed by atoms with van der Waals surface area (Å²) in [6.45, 7) is 10.3. The molecule has 1 N–H and O–H groups in total. The normalized spacial score (nSPS) is 41.7. The molecule has 4 fully saturated rings. The van der Waals surface area contributed by atoms with E-state index >= 15 is 0 Å². The van der Waals surface area contributed by atoms with Crippen LogP contribution in [-0.2, 0) is 14.3 Å². The summed E-state index contributed by atoms with van der Waals surface area (Å²) in [5.41, 5.74) is -2.14. The van der Waals surface area contributed by atoms with Crippen LogP contribution in [0.4, 0.5) is 13.2 Å². The van der Waals surface area contributed by atoms with Crippen molar-refractivity contribution in [2.75, 3.05) is 6.79 Å². The lowest BCUT2D eigenvalue weighted by molar-refractivity contribution is -0.321. The Morgan fingerprint density at radius 3 is 2.33 bits per heavy atom. The van der Waals surface area contributed by atoms with E-state index in [2.05, 4.69) is 27.7 Å². The highest BCUT2D eigenvalue weighted by Gasteiger charge is 2.66. The molecule has 0 unspecified atom stereocenters. The van der Waals surface area contributed by atoms with Gasteiger partial charge in [-0.1, -0.05) is 47.0 Å². The fraction of sp³-hybridized carbons (Fsp3) is 0.969. The Hall–Kier alpha value is -0.820. The third-order valence-electron chi connectivity index (χ3n) is 12.5. The van der Waals surface area contributed by atoms with Gasteiger partial charge in [0.1, 0.15) is 0 Å². The zero-order chi connectivity index (χ0) is 28.6. The topological polar surface area (TPSA) is 55.8 Å². The SMILES string of the molecule is CCCCCCC(=O)OCO[C@]1(C(F)(F)F)CC[C@@]2(C)[C@H](CC[C@@H]3[C@@H]2CC[C@]2(C)[C@@H]([C@H](C)[C@@H](C)O)CC[C@@H]32)C1. The molecule has 0 aromatic carbocycles. The Labute approximate surface area is 234 Å². The third kappa shape index (κ3) is 5.79. The van der Waals surface area contributed by atoms with Crippen LogP contribution in [-0.4, -0.2) is 35.8 Å². The molecule has 4 aliphatic rings. The van der Waals surface area contributed by atoms with Crippen LogP contribution in [0.1, 0.15) is 125 Å². The fourth-order valence-corrected chi connectivity index (χ4v) is 9.92. The molecule has 0 bridgehead atoms. The first-order chi connectivity index (χ1) is 18.3. The van der Waals surface area contributed by atoms with Crippen LogP contribution < -0.4 is 0 Å². The van der Waals surface area contributed by atoms with E-state index in [-0.39, 0.29) is 48.0 Å². The molecule has 226 valence electrons. The maximum absolute atomic E-state index is 14.5. The zero-order valence-corrected chi connectivity index (χ0v) is 25.0. The molecule has 0 amide bonds. The van der Waals surface area contributed by atoms with Crippen LogP contribution in [0.25, 0.3) is 0 Å². The molecular formula is C32H53F3O4. The van der Waals surface area contributed by atoms with E-state index in [0.29, 0.717) is 36.5 Å². The number of carbonyl (C=O) groups is 1. The van der Waals surface area contributed by atoms with Crippen LogP contribution in [0.3, 0.4) is 0 Å². The molecule has 4 nitrogen and oxygen atoms in total. The molecule has 4 rings (SSSR count). The fourth-order valence-electron chi connectivity index (χ4n) is 9.92. The van der Waals surface area contributed by atoms with Gasteiger partial charge in [0.25, 0.3) is 0 Å². The zero-order valence-electron chi connectivity index (χ0n) is 25.0. The van der Waals surface area contributed by atoms with Crippen LogP contribution in [0.15, 0.2) is 0 Å². The Balaban J connectivity index is 1.42. The lowest BCUT2D eigenvalue weighted by Gasteiger charge is -2.62. The lowest BCUT2D eigenvalue weighted by Crippen LogP contribution is -2.60. The third-order valence-corrected chi connectivity index (χ3v) is 12.5. The predicted molar refractivity (Wildman–Crippen MR) is 146 cm³/mol.